The largest absolute Gasteiger partial charge is 0.504 e. The van der Waals surface area contributed by atoms with Gasteiger partial charge in [0, 0.05) is 12.8 Å². The Balaban J connectivity index is 2.42. The number of rotatable bonds is 7. The molecule has 1 rings (SSSR count). The first-order chi connectivity index (χ1) is 9.69. The van der Waals surface area contributed by atoms with Crippen molar-refractivity contribution >= 4 is 15.7 Å². The molecule has 5 N–H and O–H groups in total. The van der Waals surface area contributed by atoms with Crippen molar-refractivity contribution in [3.05, 3.63) is 23.8 Å². The van der Waals surface area contributed by atoms with Crippen LogP contribution >= 0.6 is 0 Å². The van der Waals surface area contributed by atoms with Gasteiger partial charge in [-0.3, -0.25) is 4.79 Å². The Bertz CT molecular complexity index is 601. The second-order valence-corrected chi connectivity index (χ2v) is 7.17. The molecule has 7 nitrogen and oxygen atoms in total. The average Bonchev–Trinajstić information content (AvgIpc) is 2.37. The van der Waals surface area contributed by atoms with Gasteiger partial charge >= 0.3 is 0 Å². The fourth-order valence-electron chi connectivity index (χ4n) is 1.72. The Labute approximate surface area is 123 Å². The van der Waals surface area contributed by atoms with Gasteiger partial charge in [-0.05, 0) is 30.5 Å². The Morgan fingerprint density at radius 1 is 1.33 bits per heavy atom. The van der Waals surface area contributed by atoms with Crippen molar-refractivity contribution in [3.63, 3.8) is 0 Å². The Morgan fingerprint density at radius 2 is 2.00 bits per heavy atom. The van der Waals surface area contributed by atoms with Gasteiger partial charge in [-0.25, -0.2) is 8.42 Å². The van der Waals surface area contributed by atoms with Crippen LogP contribution in [0.5, 0.6) is 11.5 Å². The number of aromatic hydroxyl groups is 2. The van der Waals surface area contributed by atoms with E-state index >= 15 is 0 Å². The molecule has 0 radical (unpaired) electrons. The summed E-state index contributed by atoms with van der Waals surface area (Å²) < 4.78 is 21.9. The van der Waals surface area contributed by atoms with Crippen molar-refractivity contribution < 1.29 is 23.4 Å². The highest BCUT2D eigenvalue weighted by Crippen LogP contribution is 2.25. The molecule has 0 aliphatic carbocycles. The van der Waals surface area contributed by atoms with Crippen LogP contribution in [0.15, 0.2) is 18.2 Å². The molecule has 0 spiro atoms. The molecule has 0 aromatic heterocycles. The van der Waals surface area contributed by atoms with Gasteiger partial charge in [-0.15, -0.1) is 0 Å². The quantitative estimate of drug-likeness (QED) is 0.397. The molecule has 0 aliphatic heterocycles. The Morgan fingerprint density at radius 3 is 2.57 bits per heavy atom. The molecule has 0 saturated heterocycles. The molecule has 0 bridgehead atoms. The third-order valence-corrected chi connectivity index (χ3v) is 3.85. The van der Waals surface area contributed by atoms with Crippen molar-refractivity contribution in [2.45, 2.75) is 18.9 Å². The minimum Gasteiger partial charge on any atom is -0.504 e. The number of carbonyl (C=O) groups excluding carboxylic acids is 1. The summed E-state index contributed by atoms with van der Waals surface area (Å²) in [6, 6.07) is 3.41. The maximum absolute atomic E-state index is 11.7. The first-order valence-electron chi connectivity index (χ1n) is 6.41. The van der Waals surface area contributed by atoms with Gasteiger partial charge < -0.3 is 21.3 Å². The monoisotopic (exact) mass is 316 g/mol. The number of hydrogen-bond donors (Lipinski definition) is 4. The second-order valence-electron chi connectivity index (χ2n) is 4.91. The molecule has 21 heavy (non-hydrogen) atoms. The van der Waals surface area contributed by atoms with Gasteiger partial charge in [0.25, 0.3) is 0 Å². The van der Waals surface area contributed by atoms with Crippen LogP contribution in [0.25, 0.3) is 0 Å². The van der Waals surface area contributed by atoms with Crippen LogP contribution in [-0.4, -0.2) is 49.1 Å². The van der Waals surface area contributed by atoms with Crippen LogP contribution in [-0.2, 0) is 21.1 Å². The predicted molar refractivity (Wildman–Crippen MR) is 78.8 cm³/mol. The lowest BCUT2D eigenvalue weighted by Crippen LogP contribution is -2.42. The fourth-order valence-corrected chi connectivity index (χ4v) is 2.39. The van der Waals surface area contributed by atoms with E-state index in [1.165, 1.54) is 12.1 Å². The van der Waals surface area contributed by atoms with Gasteiger partial charge in [0.05, 0.1) is 11.8 Å². The van der Waals surface area contributed by atoms with Crippen LogP contribution in [0.4, 0.5) is 0 Å². The zero-order valence-corrected chi connectivity index (χ0v) is 12.6. The summed E-state index contributed by atoms with van der Waals surface area (Å²) in [4.78, 5) is 11.7. The third-order valence-electron chi connectivity index (χ3n) is 2.82. The number of nitrogens with one attached hydrogen (secondary N) is 1. The number of benzene rings is 1. The summed E-state index contributed by atoms with van der Waals surface area (Å²) in [6.07, 6.45) is 1.67. The Hall–Kier alpha value is -1.80. The van der Waals surface area contributed by atoms with Gasteiger partial charge in [-0.1, -0.05) is 6.07 Å². The molecule has 8 heteroatoms. The first-order valence-corrected chi connectivity index (χ1v) is 8.47. The molecule has 0 fully saturated rings. The first kappa shape index (κ1) is 17.3. The lowest BCUT2D eigenvalue weighted by atomic mass is 10.1. The maximum Gasteiger partial charge on any atom is 0.237 e. The number of carbonyl (C=O) groups is 1. The van der Waals surface area contributed by atoms with E-state index in [2.05, 4.69) is 5.32 Å². The van der Waals surface area contributed by atoms with Crippen molar-refractivity contribution in [2.75, 3.05) is 18.6 Å². The highest BCUT2D eigenvalue weighted by Gasteiger charge is 2.14. The number of phenols is 2. The minimum absolute atomic E-state index is 0.00829. The van der Waals surface area contributed by atoms with Crippen molar-refractivity contribution in [2.24, 2.45) is 5.73 Å². The number of nitrogens with two attached hydrogens (primary N) is 1. The summed E-state index contributed by atoms with van der Waals surface area (Å²) in [5.74, 6) is -0.893. The van der Waals surface area contributed by atoms with Crippen molar-refractivity contribution in [1.82, 2.24) is 5.32 Å². The van der Waals surface area contributed by atoms with Crippen LogP contribution in [0.2, 0.25) is 0 Å². The van der Waals surface area contributed by atoms with E-state index in [0.717, 1.165) is 6.26 Å². The van der Waals surface area contributed by atoms with Gasteiger partial charge in [0.15, 0.2) is 11.5 Å². The lowest BCUT2D eigenvalue weighted by Gasteiger charge is -2.12. The molecule has 1 atom stereocenters. The van der Waals surface area contributed by atoms with Crippen LogP contribution in [0.3, 0.4) is 0 Å². The predicted octanol–water partition coefficient (Wildman–Crippen LogP) is -0.481. The topological polar surface area (TPSA) is 130 Å². The van der Waals surface area contributed by atoms with E-state index in [-0.39, 0.29) is 30.2 Å². The van der Waals surface area contributed by atoms with Crippen LogP contribution < -0.4 is 11.1 Å². The normalized spacial score (nSPS) is 12.9. The number of phenolic OH excluding ortho intramolecular Hbond substituents is 2. The highest BCUT2D eigenvalue weighted by atomic mass is 32.2. The van der Waals surface area contributed by atoms with E-state index in [1.807, 2.05) is 0 Å². The van der Waals surface area contributed by atoms with Crippen molar-refractivity contribution in [3.8, 4) is 11.5 Å². The molecule has 0 unspecified atom stereocenters. The minimum atomic E-state index is -3.03. The fraction of sp³-hybridized carbons (Fsp3) is 0.462. The molecular weight excluding hydrogens is 296 g/mol. The van der Waals surface area contributed by atoms with Crippen LogP contribution in [0, 0.1) is 0 Å². The van der Waals surface area contributed by atoms with E-state index < -0.39 is 21.8 Å². The lowest BCUT2D eigenvalue weighted by molar-refractivity contribution is -0.122. The molecule has 1 aromatic rings. The van der Waals surface area contributed by atoms with Crippen molar-refractivity contribution in [1.29, 1.82) is 0 Å². The van der Waals surface area contributed by atoms with Gasteiger partial charge in [0.2, 0.25) is 5.91 Å². The zero-order chi connectivity index (χ0) is 16.0. The smallest absolute Gasteiger partial charge is 0.237 e. The molecule has 118 valence electrons. The molecule has 0 aliphatic rings. The highest BCUT2D eigenvalue weighted by molar-refractivity contribution is 7.90. The Kier molecular flexibility index (Phi) is 5.98. The molecule has 0 heterocycles. The van der Waals surface area contributed by atoms with E-state index in [0.29, 0.717) is 12.0 Å². The van der Waals surface area contributed by atoms with E-state index in [1.54, 1.807) is 6.07 Å². The maximum atomic E-state index is 11.7. The molecule has 0 saturated carbocycles. The number of amides is 1. The summed E-state index contributed by atoms with van der Waals surface area (Å²) in [5, 5.41) is 21.1. The van der Waals surface area contributed by atoms with Gasteiger partial charge in [0.1, 0.15) is 9.84 Å². The number of hydrogen-bond acceptors (Lipinski definition) is 6. The summed E-state index contributed by atoms with van der Waals surface area (Å²) in [7, 11) is -3.03. The number of sulfone groups is 1. The summed E-state index contributed by atoms with van der Waals surface area (Å²) >= 11 is 0. The summed E-state index contributed by atoms with van der Waals surface area (Å²) in [5.41, 5.74) is 6.35. The molecule has 1 aromatic carbocycles. The van der Waals surface area contributed by atoms with Gasteiger partial charge in [-0.2, -0.15) is 0 Å². The summed E-state index contributed by atoms with van der Waals surface area (Å²) in [6.45, 7) is 0.237. The van der Waals surface area contributed by atoms with E-state index in [9.17, 15) is 23.4 Å². The van der Waals surface area contributed by atoms with E-state index in [4.69, 9.17) is 5.73 Å². The van der Waals surface area contributed by atoms with Crippen LogP contribution in [0.1, 0.15) is 12.0 Å². The standard InChI is InChI=1S/C13H20N2O5S/c1-21(19,20)6-2-5-15-13(18)10(14)7-9-3-4-11(16)12(17)8-9/h3-4,8,10,16-17H,2,5-7,14H2,1H3,(H,15,18)/t10-/m0/s1. The molecule has 1 amide bonds. The third kappa shape index (κ3) is 6.46. The zero-order valence-electron chi connectivity index (χ0n) is 11.7. The second kappa shape index (κ2) is 7.28. The molecular formula is C13H20N2O5S. The SMILES string of the molecule is CS(=O)(=O)CCCNC(=O)[C@@H](N)Cc1ccc(O)c(O)c1. The average molecular weight is 316 g/mol.